The number of alkyl carbamates (subject to hydrolysis) is 1. The zero-order valence-corrected chi connectivity index (χ0v) is 14.5. The molecule has 0 aliphatic heterocycles. The summed E-state index contributed by atoms with van der Waals surface area (Å²) in [5.41, 5.74) is 0.943. The van der Waals surface area contributed by atoms with Crippen LogP contribution in [-0.2, 0) is 23.1 Å². The number of carbonyl (C=O) groups is 2. The molecule has 26 heavy (non-hydrogen) atoms. The molecule has 9 nitrogen and oxygen atoms in total. The Kier molecular flexibility index (Phi) is 6.70. The summed E-state index contributed by atoms with van der Waals surface area (Å²) in [4.78, 5) is 23.5. The molecule has 1 heterocycles. The van der Waals surface area contributed by atoms with Crippen molar-refractivity contribution in [1.82, 2.24) is 15.1 Å². The van der Waals surface area contributed by atoms with Crippen LogP contribution in [-0.4, -0.2) is 51.8 Å². The predicted molar refractivity (Wildman–Crippen MR) is 90.1 cm³/mol. The average molecular weight is 363 g/mol. The Labute approximate surface area is 150 Å². The van der Waals surface area contributed by atoms with Crippen LogP contribution in [0.1, 0.15) is 27.7 Å². The van der Waals surface area contributed by atoms with Gasteiger partial charge in [0.1, 0.15) is 18.8 Å². The van der Waals surface area contributed by atoms with Crippen molar-refractivity contribution < 1.29 is 29.3 Å². The van der Waals surface area contributed by atoms with Gasteiger partial charge in [-0.05, 0) is 5.56 Å². The molecule has 1 aromatic carbocycles. The van der Waals surface area contributed by atoms with Gasteiger partial charge in [-0.25, -0.2) is 9.59 Å². The summed E-state index contributed by atoms with van der Waals surface area (Å²) in [6, 6.07) is 9.11. The molecule has 2 unspecified atom stereocenters. The standard InChI is InChI=1S/C17H21N3O6/c1-20-14(16(23)25-2)12(8-19-20)15(22)13(21)9-18-17(24)26-10-11-6-4-3-5-7-11/h3-8,13,15,21-22H,9-10H2,1-2H3,(H,18,24). The number of methoxy groups -OCH3 is 1. The first-order chi connectivity index (χ1) is 12.4. The van der Waals surface area contributed by atoms with Crippen LogP contribution in [0.4, 0.5) is 4.79 Å². The molecule has 1 amide bonds. The summed E-state index contributed by atoms with van der Waals surface area (Å²) < 4.78 is 10.9. The Morgan fingerprint density at radius 2 is 1.96 bits per heavy atom. The molecule has 2 aromatic rings. The molecule has 0 spiro atoms. The molecule has 2 atom stereocenters. The summed E-state index contributed by atoms with van der Waals surface area (Å²) in [5.74, 6) is -0.693. The fourth-order valence-corrected chi connectivity index (χ4v) is 2.30. The Morgan fingerprint density at radius 1 is 1.27 bits per heavy atom. The molecular formula is C17H21N3O6. The van der Waals surface area contributed by atoms with Crippen molar-refractivity contribution in [3.8, 4) is 0 Å². The lowest BCUT2D eigenvalue weighted by Gasteiger charge is -2.18. The van der Waals surface area contributed by atoms with E-state index in [1.54, 1.807) is 0 Å². The quantitative estimate of drug-likeness (QED) is 0.613. The number of nitrogens with zero attached hydrogens (tertiary/aromatic N) is 2. The van der Waals surface area contributed by atoms with Crippen LogP contribution in [0.5, 0.6) is 0 Å². The van der Waals surface area contributed by atoms with Crippen molar-refractivity contribution in [1.29, 1.82) is 0 Å². The van der Waals surface area contributed by atoms with Crippen molar-refractivity contribution in [2.75, 3.05) is 13.7 Å². The van der Waals surface area contributed by atoms with Gasteiger partial charge in [0.15, 0.2) is 5.69 Å². The van der Waals surface area contributed by atoms with Gasteiger partial charge in [0, 0.05) is 19.2 Å². The summed E-state index contributed by atoms with van der Waals surface area (Å²) in [6.45, 7) is -0.190. The number of benzene rings is 1. The molecule has 0 saturated carbocycles. The van der Waals surface area contributed by atoms with Gasteiger partial charge in [0.2, 0.25) is 0 Å². The number of aryl methyl sites for hydroxylation is 1. The largest absolute Gasteiger partial charge is 0.464 e. The average Bonchev–Trinajstić information content (AvgIpc) is 3.05. The van der Waals surface area contributed by atoms with Gasteiger partial charge in [-0.1, -0.05) is 30.3 Å². The van der Waals surface area contributed by atoms with E-state index in [0.29, 0.717) is 0 Å². The van der Waals surface area contributed by atoms with E-state index in [1.165, 1.54) is 25.0 Å². The minimum Gasteiger partial charge on any atom is -0.464 e. The van der Waals surface area contributed by atoms with E-state index in [-0.39, 0.29) is 24.4 Å². The van der Waals surface area contributed by atoms with E-state index in [2.05, 4.69) is 15.2 Å². The van der Waals surface area contributed by atoms with Gasteiger partial charge in [0.25, 0.3) is 0 Å². The fraction of sp³-hybridized carbons (Fsp3) is 0.353. The van der Waals surface area contributed by atoms with Crippen LogP contribution in [0.2, 0.25) is 0 Å². The Bertz CT molecular complexity index is 746. The number of hydrogen-bond donors (Lipinski definition) is 3. The Hall–Kier alpha value is -2.91. The van der Waals surface area contributed by atoms with Crippen molar-refractivity contribution in [3.05, 3.63) is 53.3 Å². The highest BCUT2D eigenvalue weighted by atomic mass is 16.5. The highest BCUT2D eigenvalue weighted by Gasteiger charge is 2.28. The van der Waals surface area contributed by atoms with E-state index in [0.717, 1.165) is 5.56 Å². The molecule has 3 N–H and O–H groups in total. The topological polar surface area (TPSA) is 123 Å². The Balaban J connectivity index is 1.88. The lowest BCUT2D eigenvalue weighted by Crippen LogP contribution is -2.36. The minimum atomic E-state index is -1.44. The molecule has 0 bridgehead atoms. The number of ether oxygens (including phenoxy) is 2. The normalized spacial score (nSPS) is 12.9. The maximum absolute atomic E-state index is 11.8. The first-order valence-corrected chi connectivity index (χ1v) is 7.85. The maximum Gasteiger partial charge on any atom is 0.407 e. The molecule has 0 aliphatic carbocycles. The highest BCUT2D eigenvalue weighted by Crippen LogP contribution is 2.21. The lowest BCUT2D eigenvalue weighted by molar-refractivity contribution is 0.0170. The zero-order chi connectivity index (χ0) is 19.1. The van der Waals surface area contributed by atoms with Gasteiger partial charge in [-0.3, -0.25) is 4.68 Å². The van der Waals surface area contributed by atoms with E-state index in [1.807, 2.05) is 30.3 Å². The summed E-state index contributed by atoms with van der Waals surface area (Å²) in [6.07, 6.45) is -2.29. The first kappa shape index (κ1) is 19.4. The first-order valence-electron chi connectivity index (χ1n) is 7.85. The third kappa shape index (κ3) is 4.80. The second-order valence-corrected chi connectivity index (χ2v) is 5.52. The van der Waals surface area contributed by atoms with Crippen molar-refractivity contribution >= 4 is 12.1 Å². The van der Waals surface area contributed by atoms with Crippen molar-refractivity contribution in [3.63, 3.8) is 0 Å². The van der Waals surface area contributed by atoms with E-state index < -0.39 is 24.3 Å². The second kappa shape index (κ2) is 8.97. The van der Waals surface area contributed by atoms with Crippen LogP contribution >= 0.6 is 0 Å². The van der Waals surface area contributed by atoms with E-state index in [9.17, 15) is 19.8 Å². The van der Waals surface area contributed by atoms with Crippen LogP contribution in [0.3, 0.4) is 0 Å². The molecule has 0 radical (unpaired) electrons. The number of aliphatic hydroxyl groups is 2. The number of nitrogens with one attached hydrogen (secondary N) is 1. The van der Waals surface area contributed by atoms with Gasteiger partial charge in [-0.15, -0.1) is 0 Å². The number of hydrogen-bond acceptors (Lipinski definition) is 7. The van der Waals surface area contributed by atoms with Gasteiger partial charge in [-0.2, -0.15) is 5.10 Å². The van der Waals surface area contributed by atoms with Crippen LogP contribution in [0.15, 0.2) is 36.5 Å². The predicted octanol–water partition coefficient (Wildman–Crippen LogP) is 0.527. The van der Waals surface area contributed by atoms with Crippen LogP contribution in [0.25, 0.3) is 0 Å². The molecule has 0 fully saturated rings. The smallest absolute Gasteiger partial charge is 0.407 e. The number of amides is 1. The lowest BCUT2D eigenvalue weighted by atomic mass is 10.0. The minimum absolute atomic E-state index is 0.0192. The maximum atomic E-state index is 11.8. The molecular weight excluding hydrogens is 342 g/mol. The summed E-state index contributed by atoms with van der Waals surface area (Å²) in [5, 5.41) is 26.6. The molecule has 0 saturated heterocycles. The highest BCUT2D eigenvalue weighted by molar-refractivity contribution is 5.89. The summed E-state index contributed by atoms with van der Waals surface area (Å²) >= 11 is 0. The monoisotopic (exact) mass is 363 g/mol. The number of aliphatic hydroxyl groups excluding tert-OH is 2. The molecule has 0 aliphatic rings. The molecule has 1 aromatic heterocycles. The fourth-order valence-electron chi connectivity index (χ4n) is 2.30. The van der Waals surface area contributed by atoms with Crippen LogP contribution < -0.4 is 5.32 Å². The second-order valence-electron chi connectivity index (χ2n) is 5.52. The number of aromatic nitrogens is 2. The number of esters is 1. The van der Waals surface area contributed by atoms with Crippen molar-refractivity contribution in [2.24, 2.45) is 7.05 Å². The molecule has 140 valence electrons. The summed E-state index contributed by atoms with van der Waals surface area (Å²) in [7, 11) is 2.71. The molecule has 2 rings (SSSR count). The molecule has 9 heteroatoms. The van der Waals surface area contributed by atoms with E-state index >= 15 is 0 Å². The van der Waals surface area contributed by atoms with Gasteiger partial charge in [0.05, 0.1) is 13.3 Å². The number of carbonyl (C=O) groups excluding carboxylic acids is 2. The van der Waals surface area contributed by atoms with E-state index in [4.69, 9.17) is 4.74 Å². The van der Waals surface area contributed by atoms with Gasteiger partial charge < -0.3 is 25.0 Å². The zero-order valence-electron chi connectivity index (χ0n) is 14.5. The van der Waals surface area contributed by atoms with Crippen molar-refractivity contribution in [2.45, 2.75) is 18.8 Å². The third-order valence-electron chi connectivity index (χ3n) is 3.70. The third-order valence-corrected chi connectivity index (χ3v) is 3.70. The Morgan fingerprint density at radius 3 is 2.62 bits per heavy atom. The van der Waals surface area contributed by atoms with Crippen LogP contribution in [0, 0.1) is 0 Å². The SMILES string of the molecule is COC(=O)c1c(C(O)C(O)CNC(=O)OCc2ccccc2)cnn1C. The number of rotatable bonds is 7. The van der Waals surface area contributed by atoms with Gasteiger partial charge >= 0.3 is 12.1 Å².